The molecule has 1 amide bonds. The highest BCUT2D eigenvalue weighted by molar-refractivity contribution is 6.06. The van der Waals surface area contributed by atoms with E-state index < -0.39 is 11.7 Å². The van der Waals surface area contributed by atoms with Crippen molar-refractivity contribution in [3.63, 3.8) is 0 Å². The van der Waals surface area contributed by atoms with Crippen LogP contribution in [0.4, 0.5) is 16.0 Å². The van der Waals surface area contributed by atoms with Crippen LogP contribution in [-0.4, -0.2) is 46.0 Å². The van der Waals surface area contributed by atoms with Gasteiger partial charge in [-0.05, 0) is 31.0 Å². The lowest BCUT2D eigenvalue weighted by Crippen LogP contribution is -2.20. The molecular formula is C24H24FN7O. The average molecular weight is 446 g/mol. The second-order valence-corrected chi connectivity index (χ2v) is 7.30. The normalized spacial score (nSPS) is 10.8. The van der Waals surface area contributed by atoms with Gasteiger partial charge in [0.1, 0.15) is 18.0 Å². The first-order valence-corrected chi connectivity index (χ1v) is 10.6. The topological polar surface area (TPSA) is 105 Å². The molecule has 4 aromatic rings. The predicted octanol–water partition coefficient (Wildman–Crippen LogP) is 3.67. The number of halogens is 1. The number of anilines is 2. The number of carbonyl (C=O) groups is 1. The summed E-state index contributed by atoms with van der Waals surface area (Å²) in [5, 5.41) is 9.44. The van der Waals surface area contributed by atoms with Crippen LogP contribution >= 0.6 is 0 Å². The number of hydrogen-bond donors (Lipinski definition) is 3. The molecule has 0 fully saturated rings. The van der Waals surface area contributed by atoms with Gasteiger partial charge in [0, 0.05) is 43.4 Å². The number of benzene rings is 1. The first-order valence-electron chi connectivity index (χ1n) is 10.6. The number of amides is 1. The van der Waals surface area contributed by atoms with Crippen molar-refractivity contribution < 1.29 is 9.18 Å². The molecule has 0 unspecified atom stereocenters. The third-order valence-corrected chi connectivity index (χ3v) is 5.17. The molecule has 33 heavy (non-hydrogen) atoms. The second kappa shape index (κ2) is 9.99. The minimum Gasteiger partial charge on any atom is -0.370 e. The highest BCUT2D eigenvalue weighted by Gasteiger charge is 2.17. The summed E-state index contributed by atoms with van der Waals surface area (Å²) in [5.41, 5.74) is 3.17. The summed E-state index contributed by atoms with van der Waals surface area (Å²) in [4.78, 5) is 29.4. The summed E-state index contributed by atoms with van der Waals surface area (Å²) in [6.07, 6.45) is 4.99. The molecular weight excluding hydrogens is 421 g/mol. The van der Waals surface area contributed by atoms with Crippen molar-refractivity contribution in [1.82, 2.24) is 25.3 Å². The van der Waals surface area contributed by atoms with E-state index in [0.29, 0.717) is 29.7 Å². The van der Waals surface area contributed by atoms with Crippen LogP contribution in [0.25, 0.3) is 22.2 Å². The van der Waals surface area contributed by atoms with E-state index in [1.54, 1.807) is 18.3 Å². The van der Waals surface area contributed by atoms with Crippen LogP contribution < -0.4 is 16.0 Å². The Bertz CT molecular complexity index is 1280. The summed E-state index contributed by atoms with van der Waals surface area (Å²) in [5.74, 6) is 0.383. The molecule has 0 aliphatic rings. The monoisotopic (exact) mass is 445 g/mol. The van der Waals surface area contributed by atoms with Gasteiger partial charge >= 0.3 is 0 Å². The van der Waals surface area contributed by atoms with E-state index in [2.05, 4.69) is 35.9 Å². The maximum Gasteiger partial charge on any atom is 0.254 e. The molecule has 4 rings (SSSR count). The highest BCUT2D eigenvalue weighted by Crippen LogP contribution is 2.24. The Hall–Kier alpha value is -4.14. The van der Waals surface area contributed by atoms with Gasteiger partial charge in [-0.1, -0.05) is 18.2 Å². The van der Waals surface area contributed by atoms with E-state index in [0.717, 1.165) is 35.4 Å². The molecule has 0 bridgehead atoms. The second-order valence-electron chi connectivity index (χ2n) is 7.30. The van der Waals surface area contributed by atoms with Crippen LogP contribution in [0.5, 0.6) is 0 Å². The van der Waals surface area contributed by atoms with Crippen LogP contribution in [0.1, 0.15) is 22.8 Å². The van der Waals surface area contributed by atoms with Gasteiger partial charge in [0.05, 0.1) is 23.0 Å². The van der Waals surface area contributed by atoms with Gasteiger partial charge in [-0.3, -0.25) is 9.78 Å². The maximum atomic E-state index is 14.2. The summed E-state index contributed by atoms with van der Waals surface area (Å²) in [6.45, 7) is 3.40. The average Bonchev–Trinajstić information content (AvgIpc) is 2.84. The fraction of sp³-hybridized carbons (Fsp3) is 0.208. The Morgan fingerprint density at radius 3 is 2.64 bits per heavy atom. The number of nitrogens with one attached hydrogen (secondary N) is 3. The van der Waals surface area contributed by atoms with Crippen molar-refractivity contribution in [1.29, 1.82) is 0 Å². The Morgan fingerprint density at radius 2 is 1.88 bits per heavy atom. The Kier molecular flexibility index (Phi) is 6.68. The van der Waals surface area contributed by atoms with Crippen LogP contribution in [0.15, 0.2) is 55.1 Å². The SMILES string of the molecule is CCNc1ccc(-c2cc(NCCc3cccc4c(C(=O)NC)c(F)cnc34)ncn2)cn1. The lowest BCUT2D eigenvalue weighted by atomic mass is 10.0. The number of rotatable bonds is 8. The lowest BCUT2D eigenvalue weighted by Gasteiger charge is -2.11. The largest absolute Gasteiger partial charge is 0.370 e. The molecule has 3 N–H and O–H groups in total. The fourth-order valence-corrected chi connectivity index (χ4v) is 3.59. The number of fused-ring (bicyclic) bond motifs is 1. The quantitative estimate of drug-likeness (QED) is 0.380. The summed E-state index contributed by atoms with van der Waals surface area (Å²) in [6, 6.07) is 11.2. The number of pyridine rings is 2. The smallest absolute Gasteiger partial charge is 0.254 e. The Labute approximate surface area is 190 Å². The van der Waals surface area contributed by atoms with Crippen LogP contribution in [0.3, 0.4) is 0 Å². The van der Waals surface area contributed by atoms with Gasteiger partial charge in [0.2, 0.25) is 0 Å². The van der Waals surface area contributed by atoms with E-state index in [9.17, 15) is 9.18 Å². The molecule has 1 aromatic carbocycles. The highest BCUT2D eigenvalue weighted by atomic mass is 19.1. The number of aromatic nitrogens is 4. The first kappa shape index (κ1) is 22.1. The number of nitrogens with zero attached hydrogens (tertiary/aromatic N) is 4. The molecule has 168 valence electrons. The first-order chi connectivity index (χ1) is 16.1. The Balaban J connectivity index is 1.49. The third kappa shape index (κ3) is 4.87. The van der Waals surface area contributed by atoms with Crippen molar-refractivity contribution in [3.05, 3.63) is 72.1 Å². The number of para-hydroxylation sites is 1. The van der Waals surface area contributed by atoms with Gasteiger partial charge < -0.3 is 16.0 Å². The Morgan fingerprint density at radius 1 is 1.00 bits per heavy atom. The van der Waals surface area contributed by atoms with Gasteiger partial charge in [0.25, 0.3) is 5.91 Å². The molecule has 0 saturated carbocycles. The molecule has 0 radical (unpaired) electrons. The van der Waals surface area contributed by atoms with E-state index in [-0.39, 0.29) is 5.56 Å². The molecule has 8 nitrogen and oxygen atoms in total. The van der Waals surface area contributed by atoms with Crippen LogP contribution in [0.2, 0.25) is 0 Å². The molecule has 0 aliphatic heterocycles. The summed E-state index contributed by atoms with van der Waals surface area (Å²) < 4.78 is 14.2. The summed E-state index contributed by atoms with van der Waals surface area (Å²) >= 11 is 0. The minimum absolute atomic E-state index is 0.00603. The molecule has 0 aliphatic carbocycles. The fourth-order valence-electron chi connectivity index (χ4n) is 3.59. The number of hydrogen-bond acceptors (Lipinski definition) is 7. The van der Waals surface area contributed by atoms with Gasteiger partial charge in [-0.15, -0.1) is 0 Å². The van der Waals surface area contributed by atoms with Crippen molar-refractivity contribution in [2.24, 2.45) is 0 Å². The zero-order valence-electron chi connectivity index (χ0n) is 18.4. The van der Waals surface area contributed by atoms with Crippen LogP contribution in [-0.2, 0) is 6.42 Å². The third-order valence-electron chi connectivity index (χ3n) is 5.17. The van der Waals surface area contributed by atoms with E-state index >= 15 is 0 Å². The molecule has 3 aromatic heterocycles. The van der Waals surface area contributed by atoms with E-state index in [1.165, 1.54) is 13.4 Å². The standard InChI is InChI=1S/C24H24FN7O/c1-3-27-20-8-7-16(12-29-20)19-11-21(32-14-31-19)28-10-9-15-5-4-6-17-22(24(33)26-2)18(25)13-30-23(15)17/h4-8,11-14H,3,9-10H2,1-2H3,(H,26,33)(H,27,29)(H,28,31,32). The molecule has 3 heterocycles. The zero-order valence-corrected chi connectivity index (χ0v) is 18.4. The lowest BCUT2D eigenvalue weighted by molar-refractivity contribution is 0.0961. The molecule has 0 saturated heterocycles. The van der Waals surface area contributed by atoms with E-state index in [4.69, 9.17) is 0 Å². The number of carbonyl (C=O) groups excluding carboxylic acids is 1. The molecule has 0 spiro atoms. The van der Waals surface area contributed by atoms with Gasteiger partial charge in [0.15, 0.2) is 5.82 Å². The maximum absolute atomic E-state index is 14.2. The van der Waals surface area contributed by atoms with Gasteiger partial charge in [-0.2, -0.15) is 0 Å². The summed E-state index contributed by atoms with van der Waals surface area (Å²) in [7, 11) is 1.48. The molecule has 0 atom stereocenters. The van der Waals surface area contributed by atoms with Crippen molar-refractivity contribution in [3.8, 4) is 11.3 Å². The van der Waals surface area contributed by atoms with Crippen molar-refractivity contribution >= 4 is 28.4 Å². The van der Waals surface area contributed by atoms with Crippen molar-refractivity contribution in [2.45, 2.75) is 13.3 Å². The minimum atomic E-state index is -0.640. The van der Waals surface area contributed by atoms with E-state index in [1.807, 2.05) is 31.2 Å². The van der Waals surface area contributed by atoms with Crippen molar-refractivity contribution in [2.75, 3.05) is 30.8 Å². The van der Waals surface area contributed by atoms with Gasteiger partial charge in [-0.25, -0.2) is 19.3 Å². The molecule has 9 heteroatoms. The van der Waals surface area contributed by atoms with Crippen LogP contribution in [0, 0.1) is 5.82 Å². The predicted molar refractivity (Wildman–Crippen MR) is 127 cm³/mol. The zero-order chi connectivity index (χ0) is 23.2.